The normalized spacial score (nSPS) is 9.92. The molecule has 0 aliphatic rings. The fourth-order valence-corrected chi connectivity index (χ4v) is 1.14. The molecule has 1 amide bonds. The van der Waals surface area contributed by atoms with Gasteiger partial charge in [-0.25, -0.2) is 0 Å². The van der Waals surface area contributed by atoms with E-state index in [-0.39, 0.29) is 12.3 Å². The Balaban J connectivity index is 2.89. The summed E-state index contributed by atoms with van der Waals surface area (Å²) in [6, 6.07) is 5.35. The number of amides is 1. The summed E-state index contributed by atoms with van der Waals surface area (Å²) in [5.41, 5.74) is 18.5. The zero-order chi connectivity index (χ0) is 9.84. The fourth-order valence-electron chi connectivity index (χ4n) is 1.14. The predicted octanol–water partition coefficient (Wildman–Crippen LogP) is -0.245. The maximum Gasteiger partial charge on any atom is 0.221 e. The molecule has 1 aromatic carbocycles. The van der Waals surface area contributed by atoms with Crippen molar-refractivity contribution in [2.24, 2.45) is 11.5 Å². The fraction of sp³-hybridized carbons (Fsp3) is 0.222. The van der Waals surface area contributed by atoms with Crippen LogP contribution in [0.4, 0.5) is 5.69 Å². The molecule has 6 N–H and O–H groups in total. The topological polar surface area (TPSA) is 95.1 Å². The third-order valence-electron chi connectivity index (χ3n) is 1.81. The van der Waals surface area contributed by atoms with E-state index in [1.165, 1.54) is 0 Å². The molecular weight excluding hydrogens is 166 g/mol. The van der Waals surface area contributed by atoms with Gasteiger partial charge >= 0.3 is 0 Å². The lowest BCUT2D eigenvalue weighted by molar-refractivity contribution is -0.117. The van der Waals surface area contributed by atoms with Gasteiger partial charge in [0.25, 0.3) is 0 Å². The van der Waals surface area contributed by atoms with Crippen LogP contribution in [-0.4, -0.2) is 5.91 Å². The van der Waals surface area contributed by atoms with E-state index in [1.54, 1.807) is 6.07 Å². The van der Waals surface area contributed by atoms with Gasteiger partial charge in [-0.05, 0) is 17.2 Å². The van der Waals surface area contributed by atoms with Gasteiger partial charge in [0.1, 0.15) is 0 Å². The third kappa shape index (κ3) is 2.45. The average Bonchev–Trinajstić information content (AvgIpc) is 2.03. The van der Waals surface area contributed by atoms with Gasteiger partial charge in [-0.3, -0.25) is 4.79 Å². The number of hydrogen-bond acceptors (Lipinski definition) is 3. The van der Waals surface area contributed by atoms with E-state index in [9.17, 15) is 4.79 Å². The van der Waals surface area contributed by atoms with Crippen molar-refractivity contribution in [3.05, 3.63) is 29.3 Å². The van der Waals surface area contributed by atoms with Crippen LogP contribution in [0.1, 0.15) is 11.1 Å². The molecule has 70 valence electrons. The van der Waals surface area contributed by atoms with E-state index in [2.05, 4.69) is 0 Å². The second kappa shape index (κ2) is 3.91. The second-order valence-corrected chi connectivity index (χ2v) is 2.88. The minimum atomic E-state index is -0.361. The molecule has 0 heterocycles. The van der Waals surface area contributed by atoms with Crippen molar-refractivity contribution >= 4 is 11.6 Å². The van der Waals surface area contributed by atoms with Crippen LogP contribution in [0.15, 0.2) is 18.2 Å². The van der Waals surface area contributed by atoms with Crippen molar-refractivity contribution in [1.29, 1.82) is 0 Å². The van der Waals surface area contributed by atoms with Crippen LogP contribution in [0, 0.1) is 0 Å². The molecule has 0 radical (unpaired) electrons. The molecule has 0 aliphatic heterocycles. The molecule has 4 nitrogen and oxygen atoms in total. The zero-order valence-corrected chi connectivity index (χ0v) is 7.29. The summed E-state index contributed by atoms with van der Waals surface area (Å²) in [5, 5.41) is 0. The highest BCUT2D eigenvalue weighted by Gasteiger charge is 2.01. The van der Waals surface area contributed by atoms with E-state index in [0.29, 0.717) is 12.2 Å². The second-order valence-electron chi connectivity index (χ2n) is 2.88. The van der Waals surface area contributed by atoms with Crippen LogP contribution in [0.25, 0.3) is 0 Å². The molecule has 0 saturated carbocycles. The lowest BCUT2D eigenvalue weighted by Crippen LogP contribution is -2.14. The van der Waals surface area contributed by atoms with Crippen LogP contribution < -0.4 is 17.2 Å². The van der Waals surface area contributed by atoms with Gasteiger partial charge in [-0.1, -0.05) is 12.1 Å². The Bertz CT molecular complexity index is 323. The quantitative estimate of drug-likeness (QED) is 0.558. The Morgan fingerprint density at radius 3 is 2.54 bits per heavy atom. The first-order valence-corrected chi connectivity index (χ1v) is 3.99. The van der Waals surface area contributed by atoms with Crippen molar-refractivity contribution in [2.75, 3.05) is 5.73 Å². The Kier molecular flexibility index (Phi) is 2.87. The summed E-state index contributed by atoms with van der Waals surface area (Å²) in [6.45, 7) is 0.405. The summed E-state index contributed by atoms with van der Waals surface area (Å²) in [6.07, 6.45) is 0.217. The van der Waals surface area contributed by atoms with Gasteiger partial charge in [0.2, 0.25) is 5.91 Å². The van der Waals surface area contributed by atoms with Gasteiger partial charge in [0.15, 0.2) is 0 Å². The molecule has 0 saturated heterocycles. The summed E-state index contributed by atoms with van der Waals surface area (Å²) < 4.78 is 0. The van der Waals surface area contributed by atoms with Gasteiger partial charge < -0.3 is 17.2 Å². The summed E-state index contributed by atoms with van der Waals surface area (Å²) in [7, 11) is 0. The average molecular weight is 179 g/mol. The van der Waals surface area contributed by atoms with E-state index >= 15 is 0 Å². The zero-order valence-electron chi connectivity index (χ0n) is 7.29. The van der Waals surface area contributed by atoms with Gasteiger partial charge in [-0.2, -0.15) is 0 Å². The molecule has 0 unspecified atom stereocenters. The number of nitrogen functional groups attached to an aromatic ring is 1. The molecule has 0 aliphatic carbocycles. The highest BCUT2D eigenvalue weighted by atomic mass is 16.1. The predicted molar refractivity (Wildman–Crippen MR) is 51.6 cm³/mol. The minimum Gasteiger partial charge on any atom is -0.398 e. The molecule has 0 spiro atoms. The van der Waals surface area contributed by atoms with Crippen molar-refractivity contribution in [3.8, 4) is 0 Å². The smallest absolute Gasteiger partial charge is 0.221 e. The minimum absolute atomic E-state index is 0.217. The standard InChI is InChI=1S/C9H13N3O/c10-5-7-2-1-6(3-8(7)11)4-9(12)13/h1-3H,4-5,10-11H2,(H2,12,13). The lowest BCUT2D eigenvalue weighted by atomic mass is 10.1. The van der Waals surface area contributed by atoms with E-state index in [0.717, 1.165) is 11.1 Å². The maximum atomic E-state index is 10.6. The number of primary amides is 1. The summed E-state index contributed by atoms with van der Waals surface area (Å²) >= 11 is 0. The van der Waals surface area contributed by atoms with Crippen LogP contribution in [0.3, 0.4) is 0 Å². The monoisotopic (exact) mass is 179 g/mol. The Morgan fingerprint density at radius 2 is 2.08 bits per heavy atom. The maximum absolute atomic E-state index is 10.6. The Hall–Kier alpha value is -1.55. The molecule has 1 aromatic rings. The van der Waals surface area contributed by atoms with Crippen LogP contribution in [0.5, 0.6) is 0 Å². The first-order chi connectivity index (χ1) is 6.13. The van der Waals surface area contributed by atoms with Crippen molar-refractivity contribution < 1.29 is 4.79 Å². The highest BCUT2D eigenvalue weighted by Crippen LogP contribution is 2.13. The highest BCUT2D eigenvalue weighted by molar-refractivity contribution is 5.77. The van der Waals surface area contributed by atoms with Crippen molar-refractivity contribution in [2.45, 2.75) is 13.0 Å². The van der Waals surface area contributed by atoms with Crippen LogP contribution >= 0.6 is 0 Å². The number of nitrogens with two attached hydrogens (primary N) is 3. The molecule has 1 rings (SSSR count). The Morgan fingerprint density at radius 1 is 1.38 bits per heavy atom. The van der Waals surface area contributed by atoms with Crippen molar-refractivity contribution in [3.63, 3.8) is 0 Å². The van der Waals surface area contributed by atoms with Crippen molar-refractivity contribution in [1.82, 2.24) is 0 Å². The lowest BCUT2D eigenvalue weighted by Gasteiger charge is -2.04. The first kappa shape index (κ1) is 9.54. The molecular formula is C9H13N3O. The summed E-state index contributed by atoms with van der Waals surface area (Å²) in [5.74, 6) is -0.361. The molecule has 0 fully saturated rings. The molecule has 4 heteroatoms. The number of rotatable bonds is 3. The number of benzene rings is 1. The molecule has 13 heavy (non-hydrogen) atoms. The number of anilines is 1. The molecule has 0 atom stereocenters. The van der Waals surface area contributed by atoms with E-state index in [4.69, 9.17) is 17.2 Å². The third-order valence-corrected chi connectivity index (χ3v) is 1.81. The Labute approximate surface area is 76.7 Å². The van der Waals surface area contributed by atoms with Gasteiger partial charge in [0, 0.05) is 12.2 Å². The van der Waals surface area contributed by atoms with E-state index < -0.39 is 0 Å². The number of carbonyl (C=O) groups excluding carboxylic acids is 1. The molecule has 0 aromatic heterocycles. The van der Waals surface area contributed by atoms with Gasteiger partial charge in [-0.15, -0.1) is 0 Å². The SMILES string of the molecule is NCc1ccc(CC(N)=O)cc1N. The summed E-state index contributed by atoms with van der Waals surface area (Å²) in [4.78, 5) is 10.6. The van der Waals surface area contributed by atoms with Crippen LogP contribution in [0.2, 0.25) is 0 Å². The number of hydrogen-bond donors (Lipinski definition) is 3. The molecule has 0 bridgehead atoms. The first-order valence-electron chi connectivity index (χ1n) is 3.99. The number of carbonyl (C=O) groups is 1. The van der Waals surface area contributed by atoms with Crippen LogP contribution in [-0.2, 0) is 17.8 Å². The van der Waals surface area contributed by atoms with E-state index in [1.807, 2.05) is 12.1 Å². The largest absolute Gasteiger partial charge is 0.398 e. The van der Waals surface area contributed by atoms with Gasteiger partial charge in [0.05, 0.1) is 6.42 Å².